The van der Waals surface area contributed by atoms with E-state index in [-0.39, 0.29) is 0 Å². The third-order valence-electron chi connectivity index (χ3n) is 3.04. The number of nitrogens with zero attached hydrogens (tertiary/aromatic N) is 1. The van der Waals surface area contributed by atoms with Gasteiger partial charge in [-0.2, -0.15) is 5.26 Å². The minimum absolute atomic E-state index is 0.456. The highest BCUT2D eigenvalue weighted by Crippen LogP contribution is 2.23. The molecule has 0 saturated heterocycles. The fraction of sp³-hybridized carbons (Fsp3) is 0.235. The van der Waals surface area contributed by atoms with Crippen LogP contribution in [0.15, 0.2) is 46.9 Å². The predicted octanol–water partition coefficient (Wildman–Crippen LogP) is 4.01. The summed E-state index contributed by atoms with van der Waals surface area (Å²) in [5, 5.41) is 12.2. The smallest absolute Gasteiger partial charge is 0.120 e. The summed E-state index contributed by atoms with van der Waals surface area (Å²) < 4.78 is 6.88. The van der Waals surface area contributed by atoms with Crippen LogP contribution in [-0.2, 0) is 13.2 Å². The van der Waals surface area contributed by atoms with Crippen LogP contribution >= 0.6 is 15.9 Å². The van der Waals surface area contributed by atoms with Gasteiger partial charge in [-0.1, -0.05) is 35.0 Å². The van der Waals surface area contributed by atoms with Gasteiger partial charge in [0.1, 0.15) is 12.4 Å². The van der Waals surface area contributed by atoms with E-state index in [1.807, 2.05) is 36.4 Å². The van der Waals surface area contributed by atoms with Crippen molar-refractivity contribution in [2.45, 2.75) is 20.1 Å². The van der Waals surface area contributed by atoms with Gasteiger partial charge in [-0.15, -0.1) is 0 Å². The Morgan fingerprint density at radius 3 is 2.86 bits per heavy atom. The molecule has 2 aromatic carbocycles. The summed E-state index contributed by atoms with van der Waals surface area (Å²) in [5.41, 5.74) is 2.81. The molecule has 3 nitrogen and oxygen atoms in total. The van der Waals surface area contributed by atoms with Crippen LogP contribution in [0.4, 0.5) is 0 Å². The van der Waals surface area contributed by atoms with Crippen molar-refractivity contribution >= 4 is 15.9 Å². The fourth-order valence-electron chi connectivity index (χ4n) is 1.93. The van der Waals surface area contributed by atoms with Gasteiger partial charge in [0.15, 0.2) is 0 Å². The second-order valence-electron chi connectivity index (χ2n) is 4.63. The molecule has 2 rings (SSSR count). The maximum atomic E-state index is 8.89. The Morgan fingerprint density at radius 2 is 2.10 bits per heavy atom. The zero-order valence-electron chi connectivity index (χ0n) is 11.9. The molecule has 2 aromatic rings. The summed E-state index contributed by atoms with van der Waals surface area (Å²) in [6.07, 6.45) is 0. The molecular weight excluding hydrogens is 328 g/mol. The largest absolute Gasteiger partial charge is 0.489 e. The van der Waals surface area contributed by atoms with E-state index in [2.05, 4.69) is 34.2 Å². The van der Waals surface area contributed by atoms with Crippen LogP contribution in [-0.4, -0.2) is 6.54 Å². The average molecular weight is 345 g/mol. The highest BCUT2D eigenvalue weighted by Gasteiger charge is 2.03. The molecule has 0 bridgehead atoms. The first kappa shape index (κ1) is 15.6. The van der Waals surface area contributed by atoms with Crippen molar-refractivity contribution in [3.8, 4) is 11.8 Å². The van der Waals surface area contributed by atoms with Gasteiger partial charge in [-0.25, -0.2) is 0 Å². The maximum Gasteiger partial charge on any atom is 0.120 e. The number of nitrogens with one attached hydrogen (secondary N) is 1. The Kier molecular flexibility index (Phi) is 5.79. The highest BCUT2D eigenvalue weighted by molar-refractivity contribution is 9.10. The van der Waals surface area contributed by atoms with Crippen LogP contribution in [0.3, 0.4) is 0 Å². The molecule has 0 spiro atoms. The SMILES string of the molecule is CCNCc1cc(OCc2cccc(C#N)c2)ccc1Br. The van der Waals surface area contributed by atoms with E-state index < -0.39 is 0 Å². The Balaban J connectivity index is 2.04. The van der Waals surface area contributed by atoms with E-state index >= 15 is 0 Å². The Bertz CT molecular complexity index is 649. The lowest BCUT2D eigenvalue weighted by molar-refractivity contribution is 0.306. The van der Waals surface area contributed by atoms with Crippen molar-refractivity contribution in [3.05, 3.63) is 63.6 Å². The highest BCUT2D eigenvalue weighted by atomic mass is 79.9. The van der Waals surface area contributed by atoms with Crippen LogP contribution in [0.25, 0.3) is 0 Å². The summed E-state index contributed by atoms with van der Waals surface area (Å²) in [6.45, 7) is 4.27. The van der Waals surface area contributed by atoms with E-state index in [0.29, 0.717) is 12.2 Å². The molecule has 0 fully saturated rings. The number of halogens is 1. The monoisotopic (exact) mass is 344 g/mol. The van der Waals surface area contributed by atoms with Gasteiger partial charge in [-0.05, 0) is 48.0 Å². The minimum Gasteiger partial charge on any atom is -0.489 e. The van der Waals surface area contributed by atoms with Crippen LogP contribution in [0, 0.1) is 11.3 Å². The molecule has 108 valence electrons. The Morgan fingerprint density at radius 1 is 1.24 bits per heavy atom. The lowest BCUT2D eigenvalue weighted by Crippen LogP contribution is -2.12. The average Bonchev–Trinajstić information content (AvgIpc) is 2.53. The summed E-state index contributed by atoms with van der Waals surface area (Å²) in [6, 6.07) is 15.6. The Labute approximate surface area is 133 Å². The number of hydrogen-bond acceptors (Lipinski definition) is 3. The quantitative estimate of drug-likeness (QED) is 0.860. The molecule has 0 saturated carbocycles. The standard InChI is InChI=1S/C17H17BrN2O/c1-2-20-11-15-9-16(6-7-17(15)18)21-12-14-5-3-4-13(8-14)10-19/h3-9,20H,2,11-12H2,1H3. The number of nitriles is 1. The van der Waals surface area contributed by atoms with Crippen molar-refractivity contribution in [3.63, 3.8) is 0 Å². The number of benzene rings is 2. The summed E-state index contributed by atoms with van der Waals surface area (Å²) >= 11 is 3.54. The molecule has 21 heavy (non-hydrogen) atoms. The first-order valence-electron chi connectivity index (χ1n) is 6.84. The second kappa shape index (κ2) is 7.82. The molecule has 4 heteroatoms. The number of ether oxygens (including phenoxy) is 1. The summed E-state index contributed by atoms with van der Waals surface area (Å²) in [7, 11) is 0. The van der Waals surface area contributed by atoms with Crippen molar-refractivity contribution in [1.82, 2.24) is 5.32 Å². The van der Waals surface area contributed by atoms with Gasteiger partial charge in [0.05, 0.1) is 11.6 Å². The molecule has 0 aliphatic rings. The molecule has 0 atom stereocenters. The molecule has 0 radical (unpaired) electrons. The fourth-order valence-corrected chi connectivity index (χ4v) is 2.32. The van der Waals surface area contributed by atoms with Crippen molar-refractivity contribution in [2.75, 3.05) is 6.54 Å². The van der Waals surface area contributed by atoms with Crippen LogP contribution in [0.1, 0.15) is 23.6 Å². The molecule has 0 amide bonds. The lowest BCUT2D eigenvalue weighted by atomic mass is 10.1. The first-order chi connectivity index (χ1) is 10.2. The molecule has 0 aliphatic heterocycles. The van der Waals surface area contributed by atoms with Gasteiger partial charge < -0.3 is 10.1 Å². The van der Waals surface area contributed by atoms with Crippen molar-refractivity contribution in [1.29, 1.82) is 5.26 Å². The maximum absolute atomic E-state index is 8.89. The van der Waals surface area contributed by atoms with Crippen LogP contribution in [0.2, 0.25) is 0 Å². The number of rotatable bonds is 6. The van der Waals surface area contributed by atoms with Gasteiger partial charge in [-0.3, -0.25) is 0 Å². The van der Waals surface area contributed by atoms with E-state index in [1.165, 1.54) is 5.56 Å². The van der Waals surface area contributed by atoms with Gasteiger partial charge in [0, 0.05) is 11.0 Å². The van der Waals surface area contributed by atoms with Crippen LogP contribution in [0.5, 0.6) is 5.75 Å². The van der Waals surface area contributed by atoms with Gasteiger partial charge >= 0.3 is 0 Å². The zero-order valence-corrected chi connectivity index (χ0v) is 13.5. The van der Waals surface area contributed by atoms with Gasteiger partial charge in [0.2, 0.25) is 0 Å². The van der Waals surface area contributed by atoms with E-state index in [1.54, 1.807) is 6.07 Å². The van der Waals surface area contributed by atoms with Crippen molar-refractivity contribution in [2.24, 2.45) is 0 Å². The third-order valence-corrected chi connectivity index (χ3v) is 3.82. The molecule has 0 unspecified atom stereocenters. The molecular formula is C17H17BrN2O. The lowest BCUT2D eigenvalue weighted by Gasteiger charge is -2.10. The normalized spacial score (nSPS) is 10.1. The van der Waals surface area contributed by atoms with E-state index in [9.17, 15) is 0 Å². The summed E-state index contributed by atoms with van der Waals surface area (Å²) in [4.78, 5) is 0. The zero-order chi connectivity index (χ0) is 15.1. The van der Waals surface area contributed by atoms with E-state index in [4.69, 9.17) is 10.00 Å². The molecule has 0 aromatic heterocycles. The minimum atomic E-state index is 0.456. The topological polar surface area (TPSA) is 45.0 Å². The molecule has 0 heterocycles. The van der Waals surface area contributed by atoms with E-state index in [0.717, 1.165) is 28.9 Å². The Hall–Kier alpha value is -1.83. The van der Waals surface area contributed by atoms with Crippen LogP contribution < -0.4 is 10.1 Å². The summed E-state index contributed by atoms with van der Waals surface area (Å²) in [5.74, 6) is 0.827. The second-order valence-corrected chi connectivity index (χ2v) is 5.49. The number of hydrogen-bond donors (Lipinski definition) is 1. The first-order valence-corrected chi connectivity index (χ1v) is 7.63. The van der Waals surface area contributed by atoms with Crippen molar-refractivity contribution < 1.29 is 4.74 Å². The molecule has 0 aliphatic carbocycles. The predicted molar refractivity (Wildman–Crippen MR) is 87.0 cm³/mol. The molecule has 1 N–H and O–H groups in total. The third kappa shape index (κ3) is 4.59. The van der Waals surface area contributed by atoms with Gasteiger partial charge in [0.25, 0.3) is 0 Å².